The lowest BCUT2D eigenvalue weighted by atomic mass is 9.84. The summed E-state index contributed by atoms with van der Waals surface area (Å²) >= 11 is 0. The molecule has 0 aromatic rings. The molecule has 0 unspecified atom stereocenters. The summed E-state index contributed by atoms with van der Waals surface area (Å²) in [7, 11) is 3.67. The van der Waals surface area contributed by atoms with Crippen LogP contribution in [-0.2, 0) is 9.47 Å². The molecule has 0 aromatic carbocycles. The molecule has 0 bridgehead atoms. The van der Waals surface area contributed by atoms with Gasteiger partial charge in [-0.1, -0.05) is 25.7 Å². The maximum absolute atomic E-state index is 5.83. The van der Waals surface area contributed by atoms with Crippen LogP contribution in [0, 0.1) is 11.8 Å². The molecule has 2 heteroatoms. The molecule has 2 aliphatic carbocycles. The summed E-state index contributed by atoms with van der Waals surface area (Å²) in [6.07, 6.45) is 10.6. The van der Waals surface area contributed by atoms with Crippen molar-refractivity contribution in [3.8, 4) is 0 Å². The molecule has 2 rings (SSSR count). The maximum atomic E-state index is 5.83. The first kappa shape index (κ1) is 11.4. The summed E-state index contributed by atoms with van der Waals surface area (Å²) < 4.78 is 11.7. The smallest absolute Gasteiger partial charge is 0.173 e. The Bertz CT molecular complexity index is 169. The zero-order chi connectivity index (χ0) is 10.7. The predicted molar refractivity (Wildman–Crippen MR) is 60.7 cm³/mol. The van der Waals surface area contributed by atoms with Crippen molar-refractivity contribution in [3.05, 3.63) is 0 Å². The van der Waals surface area contributed by atoms with Crippen molar-refractivity contribution >= 4 is 0 Å². The van der Waals surface area contributed by atoms with E-state index >= 15 is 0 Å². The molecule has 2 aliphatic rings. The highest BCUT2D eigenvalue weighted by atomic mass is 16.7. The number of ether oxygens (including phenoxy) is 2. The van der Waals surface area contributed by atoms with Crippen LogP contribution in [0.4, 0.5) is 0 Å². The molecular formula is C13H24O2. The fraction of sp³-hybridized carbons (Fsp3) is 1.00. The number of hydrogen-bond donors (Lipinski definition) is 0. The van der Waals surface area contributed by atoms with E-state index in [4.69, 9.17) is 9.47 Å². The van der Waals surface area contributed by atoms with Crippen molar-refractivity contribution < 1.29 is 9.47 Å². The molecular weight excluding hydrogens is 188 g/mol. The predicted octanol–water partition coefficient (Wildman–Crippen LogP) is 3.36. The van der Waals surface area contributed by atoms with Crippen LogP contribution in [0.5, 0.6) is 0 Å². The first-order valence-corrected chi connectivity index (χ1v) is 6.44. The topological polar surface area (TPSA) is 18.5 Å². The molecule has 2 saturated carbocycles. The second-order valence-corrected chi connectivity index (χ2v) is 5.09. The molecule has 0 atom stereocenters. The standard InChI is InChI=1S/C13H24O2/c1-14-13(15-2,11-7-3-4-8-11)12-9-5-6-10-12/h11-12H,3-10H2,1-2H3. The zero-order valence-electron chi connectivity index (χ0n) is 10.1. The van der Waals surface area contributed by atoms with Gasteiger partial charge in [-0.3, -0.25) is 0 Å². The van der Waals surface area contributed by atoms with Gasteiger partial charge in [0.25, 0.3) is 0 Å². The quantitative estimate of drug-likeness (QED) is 0.665. The van der Waals surface area contributed by atoms with Gasteiger partial charge in [-0.25, -0.2) is 0 Å². The van der Waals surface area contributed by atoms with Crippen LogP contribution in [0.15, 0.2) is 0 Å². The summed E-state index contributed by atoms with van der Waals surface area (Å²) in [4.78, 5) is 0. The van der Waals surface area contributed by atoms with E-state index < -0.39 is 0 Å². The number of methoxy groups -OCH3 is 2. The summed E-state index contributed by atoms with van der Waals surface area (Å²) in [6, 6.07) is 0. The van der Waals surface area contributed by atoms with E-state index in [1.807, 2.05) is 14.2 Å². The van der Waals surface area contributed by atoms with Crippen LogP contribution in [0.25, 0.3) is 0 Å². The van der Waals surface area contributed by atoms with E-state index in [1.165, 1.54) is 51.4 Å². The molecule has 0 N–H and O–H groups in total. The van der Waals surface area contributed by atoms with Crippen molar-refractivity contribution in [1.82, 2.24) is 0 Å². The maximum Gasteiger partial charge on any atom is 0.173 e. The summed E-state index contributed by atoms with van der Waals surface area (Å²) in [5.74, 6) is 1.01. The van der Waals surface area contributed by atoms with E-state index in [0.29, 0.717) is 11.8 Å². The van der Waals surface area contributed by atoms with Gasteiger partial charge in [0.1, 0.15) is 0 Å². The van der Waals surface area contributed by atoms with Crippen LogP contribution in [0.3, 0.4) is 0 Å². The molecule has 15 heavy (non-hydrogen) atoms. The minimum atomic E-state index is -0.257. The Hall–Kier alpha value is -0.0800. The Morgan fingerprint density at radius 2 is 1.07 bits per heavy atom. The fourth-order valence-electron chi connectivity index (χ4n) is 3.74. The van der Waals surface area contributed by atoms with E-state index in [9.17, 15) is 0 Å². The van der Waals surface area contributed by atoms with Crippen molar-refractivity contribution in [1.29, 1.82) is 0 Å². The molecule has 0 aliphatic heterocycles. The molecule has 0 radical (unpaired) electrons. The van der Waals surface area contributed by atoms with Crippen LogP contribution in [-0.4, -0.2) is 20.0 Å². The van der Waals surface area contributed by atoms with Crippen LogP contribution >= 0.6 is 0 Å². The van der Waals surface area contributed by atoms with Crippen LogP contribution in [0.2, 0.25) is 0 Å². The lowest BCUT2D eigenvalue weighted by Gasteiger charge is -2.41. The van der Waals surface area contributed by atoms with Gasteiger partial charge in [-0.05, 0) is 25.7 Å². The van der Waals surface area contributed by atoms with Crippen molar-refractivity contribution in [2.45, 2.75) is 57.2 Å². The van der Waals surface area contributed by atoms with Gasteiger partial charge in [0.2, 0.25) is 0 Å². The highest BCUT2D eigenvalue weighted by Crippen LogP contribution is 2.46. The molecule has 2 nitrogen and oxygen atoms in total. The molecule has 0 aromatic heterocycles. The Labute approximate surface area is 93.3 Å². The van der Waals surface area contributed by atoms with Crippen molar-refractivity contribution in [2.75, 3.05) is 14.2 Å². The number of hydrogen-bond acceptors (Lipinski definition) is 2. The molecule has 88 valence electrons. The minimum absolute atomic E-state index is 0.257. The monoisotopic (exact) mass is 212 g/mol. The van der Waals surface area contributed by atoms with Crippen LogP contribution < -0.4 is 0 Å². The van der Waals surface area contributed by atoms with Gasteiger partial charge in [0.05, 0.1) is 0 Å². The Balaban J connectivity index is 2.13. The van der Waals surface area contributed by atoms with E-state index in [0.717, 1.165) is 0 Å². The summed E-state index contributed by atoms with van der Waals surface area (Å²) in [6.45, 7) is 0. The first-order chi connectivity index (χ1) is 7.33. The third-order valence-corrected chi connectivity index (χ3v) is 4.49. The SMILES string of the molecule is COC(OC)(C1CCCC1)C1CCCC1. The van der Waals surface area contributed by atoms with Crippen molar-refractivity contribution in [2.24, 2.45) is 11.8 Å². The Kier molecular flexibility index (Phi) is 3.68. The third-order valence-electron chi connectivity index (χ3n) is 4.49. The first-order valence-electron chi connectivity index (χ1n) is 6.44. The number of rotatable bonds is 4. The third kappa shape index (κ3) is 1.94. The van der Waals surface area contributed by atoms with Gasteiger partial charge in [0.15, 0.2) is 5.79 Å². The average Bonchev–Trinajstić information content (AvgIpc) is 2.92. The fourth-order valence-corrected chi connectivity index (χ4v) is 3.74. The van der Waals surface area contributed by atoms with E-state index in [-0.39, 0.29) is 5.79 Å². The second kappa shape index (κ2) is 4.84. The molecule has 0 heterocycles. The van der Waals surface area contributed by atoms with Crippen LogP contribution in [0.1, 0.15) is 51.4 Å². The normalized spacial score (nSPS) is 25.2. The molecule has 0 spiro atoms. The van der Waals surface area contributed by atoms with Gasteiger partial charge < -0.3 is 9.47 Å². The average molecular weight is 212 g/mol. The van der Waals surface area contributed by atoms with Gasteiger partial charge in [-0.2, -0.15) is 0 Å². The summed E-state index contributed by atoms with van der Waals surface area (Å²) in [5.41, 5.74) is 0. The van der Waals surface area contributed by atoms with Gasteiger partial charge >= 0.3 is 0 Å². The zero-order valence-corrected chi connectivity index (χ0v) is 10.1. The minimum Gasteiger partial charge on any atom is -0.353 e. The van der Waals surface area contributed by atoms with E-state index in [2.05, 4.69) is 0 Å². The second-order valence-electron chi connectivity index (χ2n) is 5.09. The molecule has 2 fully saturated rings. The van der Waals surface area contributed by atoms with Crippen molar-refractivity contribution in [3.63, 3.8) is 0 Å². The highest BCUT2D eigenvalue weighted by molar-refractivity contribution is 4.91. The van der Waals surface area contributed by atoms with Gasteiger partial charge in [0, 0.05) is 26.1 Å². The Morgan fingerprint density at radius 1 is 0.733 bits per heavy atom. The van der Waals surface area contributed by atoms with Gasteiger partial charge in [-0.15, -0.1) is 0 Å². The lowest BCUT2D eigenvalue weighted by Crippen LogP contribution is -2.47. The largest absolute Gasteiger partial charge is 0.353 e. The lowest BCUT2D eigenvalue weighted by molar-refractivity contribution is -0.269. The Morgan fingerprint density at radius 3 is 1.33 bits per heavy atom. The molecule has 0 amide bonds. The summed E-state index contributed by atoms with van der Waals surface area (Å²) in [5, 5.41) is 0. The highest BCUT2D eigenvalue weighted by Gasteiger charge is 2.47. The van der Waals surface area contributed by atoms with E-state index in [1.54, 1.807) is 0 Å². The molecule has 0 saturated heterocycles.